The van der Waals surface area contributed by atoms with Crippen LogP contribution in [0, 0.1) is 6.92 Å². The monoisotopic (exact) mass is 435 g/mol. The first-order valence-electron chi connectivity index (χ1n) is 7.37. The molecule has 1 heterocycles. The Morgan fingerprint density at radius 1 is 1.19 bits per heavy atom. The van der Waals surface area contributed by atoms with E-state index in [1.165, 1.54) is 18.2 Å². The summed E-state index contributed by atoms with van der Waals surface area (Å²) in [6, 6.07) is 11.0. The largest absolute Gasteiger partial charge is 0.322 e. The molecule has 0 aliphatic carbocycles. The predicted molar refractivity (Wildman–Crippen MR) is 100 cm³/mol. The van der Waals surface area contributed by atoms with Gasteiger partial charge in [0.2, 0.25) is 10.0 Å². The Hall–Kier alpha value is -2.56. The first-order valence-corrected chi connectivity index (χ1v) is 9.71. The van der Waals surface area contributed by atoms with Gasteiger partial charge in [-0.2, -0.15) is 5.10 Å². The van der Waals surface area contributed by atoms with Gasteiger partial charge in [0.1, 0.15) is 5.82 Å². The number of hydrogen-bond acceptors (Lipinski definition) is 5. The van der Waals surface area contributed by atoms with E-state index in [1.54, 1.807) is 31.2 Å². The second kappa shape index (κ2) is 6.98. The van der Waals surface area contributed by atoms with E-state index in [0.717, 1.165) is 5.56 Å². The summed E-state index contributed by atoms with van der Waals surface area (Å²) in [6.45, 7) is 1.80. The van der Waals surface area contributed by atoms with Crippen molar-refractivity contribution in [1.29, 1.82) is 0 Å². The van der Waals surface area contributed by atoms with Crippen molar-refractivity contribution in [1.82, 2.24) is 15.2 Å². The van der Waals surface area contributed by atoms with E-state index >= 15 is 0 Å². The lowest BCUT2D eigenvalue weighted by Crippen LogP contribution is -2.16. The summed E-state index contributed by atoms with van der Waals surface area (Å²) in [4.78, 5) is 16.6. The highest BCUT2D eigenvalue weighted by Crippen LogP contribution is 2.23. The Balaban J connectivity index is 1.82. The smallest absolute Gasteiger partial charge is 0.256 e. The Kier molecular flexibility index (Phi) is 4.90. The van der Waals surface area contributed by atoms with E-state index in [-0.39, 0.29) is 10.5 Å². The number of sulfonamides is 1. The van der Waals surface area contributed by atoms with Crippen molar-refractivity contribution in [2.75, 3.05) is 5.32 Å². The van der Waals surface area contributed by atoms with Crippen molar-refractivity contribution in [2.24, 2.45) is 5.14 Å². The molecule has 0 aliphatic rings. The number of aromatic amines is 1. The number of nitrogens with two attached hydrogens (primary N) is 1. The van der Waals surface area contributed by atoms with Crippen molar-refractivity contribution in [3.8, 4) is 11.4 Å². The highest BCUT2D eigenvalue weighted by atomic mass is 79.9. The number of hydrogen-bond donors (Lipinski definition) is 3. The highest BCUT2D eigenvalue weighted by Gasteiger charge is 2.16. The summed E-state index contributed by atoms with van der Waals surface area (Å²) in [6.07, 6.45) is 0. The number of rotatable bonds is 4. The van der Waals surface area contributed by atoms with Gasteiger partial charge in [0.15, 0.2) is 5.82 Å². The molecule has 4 N–H and O–H groups in total. The van der Waals surface area contributed by atoms with Gasteiger partial charge >= 0.3 is 0 Å². The summed E-state index contributed by atoms with van der Waals surface area (Å²) in [5.41, 5.74) is 1.49. The molecule has 0 unspecified atom stereocenters. The fourth-order valence-corrected chi connectivity index (χ4v) is 3.19. The number of aromatic nitrogens is 3. The van der Waals surface area contributed by atoms with Crippen LogP contribution in [0.25, 0.3) is 11.4 Å². The average molecular weight is 436 g/mol. The normalized spacial score (nSPS) is 11.3. The average Bonchev–Trinajstić information content (AvgIpc) is 3.01. The van der Waals surface area contributed by atoms with Crippen LogP contribution in [0.15, 0.2) is 51.8 Å². The molecule has 0 spiro atoms. The van der Waals surface area contributed by atoms with Crippen LogP contribution >= 0.6 is 15.9 Å². The number of nitrogens with one attached hydrogen (secondary N) is 2. The minimum Gasteiger partial charge on any atom is -0.322 e. The molecular formula is C16H14BrN5O3S. The Morgan fingerprint density at radius 2 is 1.88 bits per heavy atom. The van der Waals surface area contributed by atoms with Crippen LogP contribution in [0.3, 0.4) is 0 Å². The summed E-state index contributed by atoms with van der Waals surface area (Å²) in [5.74, 6) is 0.796. The van der Waals surface area contributed by atoms with Crippen LogP contribution in [0.5, 0.6) is 0 Å². The zero-order valence-corrected chi connectivity index (χ0v) is 15.9. The molecule has 0 saturated heterocycles. The van der Waals surface area contributed by atoms with Crippen LogP contribution < -0.4 is 10.5 Å². The predicted octanol–water partition coefficient (Wildman–Crippen LogP) is 2.44. The summed E-state index contributed by atoms with van der Waals surface area (Å²) in [7, 11) is -3.90. The Morgan fingerprint density at radius 3 is 2.46 bits per heavy atom. The number of carbonyl (C=O) groups is 1. The molecule has 3 aromatic rings. The fraction of sp³-hybridized carbons (Fsp3) is 0.0625. The molecule has 134 valence electrons. The molecule has 2 aromatic carbocycles. The molecule has 0 saturated carbocycles. The van der Waals surface area contributed by atoms with Crippen molar-refractivity contribution < 1.29 is 13.2 Å². The van der Waals surface area contributed by atoms with Gasteiger partial charge in [0.25, 0.3) is 5.91 Å². The van der Waals surface area contributed by atoms with Crippen LogP contribution in [0.1, 0.15) is 16.2 Å². The fourth-order valence-electron chi connectivity index (χ4n) is 2.23. The molecule has 0 bridgehead atoms. The molecule has 0 aliphatic heterocycles. The molecule has 26 heavy (non-hydrogen) atoms. The third-order valence-corrected chi connectivity index (χ3v) is 5.11. The van der Waals surface area contributed by atoms with Gasteiger partial charge in [-0.05, 0) is 65.3 Å². The van der Waals surface area contributed by atoms with Gasteiger partial charge in [0, 0.05) is 15.7 Å². The van der Waals surface area contributed by atoms with Crippen LogP contribution in [-0.2, 0) is 10.0 Å². The van der Waals surface area contributed by atoms with E-state index in [1.807, 2.05) is 0 Å². The first-order chi connectivity index (χ1) is 12.2. The van der Waals surface area contributed by atoms with Crippen LogP contribution in [-0.4, -0.2) is 29.5 Å². The number of aryl methyl sites for hydroxylation is 1. The molecule has 0 radical (unpaired) electrons. The lowest BCUT2D eigenvalue weighted by molar-refractivity contribution is 0.102. The zero-order valence-electron chi connectivity index (χ0n) is 13.5. The quantitative estimate of drug-likeness (QED) is 0.578. The molecular weight excluding hydrogens is 422 g/mol. The summed E-state index contributed by atoms with van der Waals surface area (Å²) >= 11 is 3.24. The van der Waals surface area contributed by atoms with E-state index in [4.69, 9.17) is 5.14 Å². The second-order valence-electron chi connectivity index (χ2n) is 5.46. The minimum atomic E-state index is -3.90. The number of H-pyrrole nitrogens is 1. The maximum atomic E-state index is 12.5. The maximum absolute atomic E-state index is 12.5. The zero-order chi connectivity index (χ0) is 18.9. The second-order valence-corrected chi connectivity index (χ2v) is 7.88. The van der Waals surface area contributed by atoms with Crippen LogP contribution in [0.2, 0.25) is 0 Å². The molecule has 8 nitrogen and oxygen atoms in total. The standard InChI is InChI=1S/C16H14BrN5O3S/c1-9-19-15(22-21-9)10-2-4-11(5-3-10)20-16(23)13-8-12(26(18,24)25)6-7-14(13)17/h2-8H,1H3,(H,20,23)(H2,18,24,25)(H,19,21,22). The topological polar surface area (TPSA) is 131 Å². The number of primary sulfonamides is 1. The van der Waals surface area contributed by atoms with E-state index < -0.39 is 15.9 Å². The number of benzene rings is 2. The van der Waals surface area contributed by atoms with E-state index in [9.17, 15) is 13.2 Å². The van der Waals surface area contributed by atoms with Crippen molar-refractivity contribution in [2.45, 2.75) is 11.8 Å². The molecule has 3 rings (SSSR count). The minimum absolute atomic E-state index is 0.138. The van der Waals surface area contributed by atoms with Crippen molar-refractivity contribution >= 4 is 37.5 Å². The Labute approximate surface area is 158 Å². The molecule has 10 heteroatoms. The van der Waals surface area contributed by atoms with E-state index in [0.29, 0.717) is 21.8 Å². The van der Waals surface area contributed by atoms with Crippen molar-refractivity contribution in [3.63, 3.8) is 0 Å². The number of nitrogens with zero attached hydrogens (tertiary/aromatic N) is 2. The maximum Gasteiger partial charge on any atom is 0.256 e. The number of halogens is 1. The highest BCUT2D eigenvalue weighted by molar-refractivity contribution is 9.10. The SMILES string of the molecule is Cc1nc(-c2ccc(NC(=O)c3cc(S(N)(=O)=O)ccc3Br)cc2)n[nH]1. The first kappa shape index (κ1) is 18.2. The van der Waals surface area contributed by atoms with Crippen molar-refractivity contribution in [3.05, 3.63) is 58.3 Å². The van der Waals surface area contributed by atoms with Crippen LogP contribution in [0.4, 0.5) is 5.69 Å². The van der Waals surface area contributed by atoms with Gasteiger partial charge in [0.05, 0.1) is 10.5 Å². The number of carbonyl (C=O) groups excluding carboxylic acids is 1. The lowest BCUT2D eigenvalue weighted by atomic mass is 10.1. The third kappa shape index (κ3) is 3.98. The Bertz CT molecular complexity index is 1080. The van der Waals surface area contributed by atoms with E-state index in [2.05, 4.69) is 36.4 Å². The van der Waals surface area contributed by atoms with Gasteiger partial charge in [-0.3, -0.25) is 9.89 Å². The third-order valence-electron chi connectivity index (χ3n) is 3.51. The molecule has 1 aromatic heterocycles. The molecule has 1 amide bonds. The molecule has 0 atom stereocenters. The summed E-state index contributed by atoms with van der Waals surface area (Å²) in [5, 5.41) is 14.7. The van der Waals surface area contributed by atoms with Gasteiger partial charge in [-0.25, -0.2) is 18.5 Å². The summed E-state index contributed by atoms with van der Waals surface area (Å²) < 4.78 is 23.4. The number of anilines is 1. The number of amides is 1. The molecule has 0 fully saturated rings. The lowest BCUT2D eigenvalue weighted by Gasteiger charge is -2.09. The van der Waals surface area contributed by atoms with Gasteiger partial charge in [-0.15, -0.1) is 0 Å². The van der Waals surface area contributed by atoms with Gasteiger partial charge in [-0.1, -0.05) is 0 Å². The van der Waals surface area contributed by atoms with Gasteiger partial charge < -0.3 is 5.32 Å².